The standard InChI is InChI=1S/C19H20N8O2/c1-25-11-13(3-4-15(25)28)22-18-23-17(29-2)16-14(5-7-27(16)24-18)12-9-21-19-20-6-8-26(19)10-12/h5-10,13H,3-4,11H2,1-2H3,(H,22,24)/t13-/m0/s1. The Morgan fingerprint density at radius 2 is 2.17 bits per heavy atom. The van der Waals surface area contributed by atoms with Gasteiger partial charge in [-0.25, -0.2) is 14.5 Å². The molecule has 1 aliphatic heterocycles. The zero-order chi connectivity index (χ0) is 20.0. The molecule has 0 aromatic carbocycles. The number of likely N-dealkylation sites (tertiary alicyclic amines) is 1. The fraction of sp³-hybridized carbons (Fsp3) is 0.316. The van der Waals surface area contributed by atoms with Crippen LogP contribution in [0.4, 0.5) is 5.95 Å². The molecule has 1 amide bonds. The van der Waals surface area contributed by atoms with Crippen molar-refractivity contribution in [3.63, 3.8) is 0 Å². The van der Waals surface area contributed by atoms with Crippen molar-refractivity contribution >= 4 is 23.1 Å². The maximum Gasteiger partial charge on any atom is 0.244 e. The number of hydrogen-bond donors (Lipinski definition) is 1. The third-order valence-electron chi connectivity index (χ3n) is 5.19. The number of carbonyl (C=O) groups is 1. The van der Waals surface area contributed by atoms with Crippen molar-refractivity contribution in [2.24, 2.45) is 0 Å². The summed E-state index contributed by atoms with van der Waals surface area (Å²) < 4.78 is 9.19. The summed E-state index contributed by atoms with van der Waals surface area (Å²) in [5, 5.41) is 7.92. The zero-order valence-corrected chi connectivity index (χ0v) is 16.1. The number of piperidine rings is 1. The lowest BCUT2D eigenvalue weighted by atomic mass is 10.1. The minimum absolute atomic E-state index is 0.0998. The smallest absolute Gasteiger partial charge is 0.244 e. The third kappa shape index (κ3) is 3.02. The van der Waals surface area contributed by atoms with E-state index in [4.69, 9.17) is 4.74 Å². The monoisotopic (exact) mass is 392 g/mol. The van der Waals surface area contributed by atoms with Crippen LogP contribution in [-0.2, 0) is 4.79 Å². The second kappa shape index (κ2) is 6.73. The lowest BCUT2D eigenvalue weighted by Crippen LogP contribution is -2.43. The van der Waals surface area contributed by atoms with Crippen molar-refractivity contribution in [3.8, 4) is 17.0 Å². The van der Waals surface area contributed by atoms with Gasteiger partial charge in [-0.15, -0.1) is 5.10 Å². The summed E-state index contributed by atoms with van der Waals surface area (Å²) >= 11 is 0. The van der Waals surface area contributed by atoms with Crippen LogP contribution < -0.4 is 10.1 Å². The average Bonchev–Trinajstić information content (AvgIpc) is 3.36. The number of likely N-dealkylation sites (N-methyl/N-ethyl adjacent to an activating group) is 1. The second-order valence-electron chi connectivity index (χ2n) is 7.10. The Morgan fingerprint density at radius 1 is 1.28 bits per heavy atom. The summed E-state index contributed by atoms with van der Waals surface area (Å²) in [6, 6.07) is 2.06. The van der Waals surface area contributed by atoms with Gasteiger partial charge in [-0.3, -0.25) is 9.20 Å². The number of ether oxygens (including phenoxy) is 1. The van der Waals surface area contributed by atoms with E-state index in [0.29, 0.717) is 30.6 Å². The predicted octanol–water partition coefficient (Wildman–Crippen LogP) is 1.48. The maximum absolute atomic E-state index is 11.7. The number of imidazole rings is 1. The van der Waals surface area contributed by atoms with E-state index >= 15 is 0 Å². The first-order valence-corrected chi connectivity index (χ1v) is 9.35. The van der Waals surface area contributed by atoms with Gasteiger partial charge in [0.05, 0.1) is 7.11 Å². The molecule has 10 nitrogen and oxygen atoms in total. The fourth-order valence-electron chi connectivity index (χ4n) is 3.70. The largest absolute Gasteiger partial charge is 0.479 e. The van der Waals surface area contributed by atoms with Crippen molar-refractivity contribution in [1.82, 2.24) is 33.9 Å². The molecular weight excluding hydrogens is 372 g/mol. The molecule has 1 fully saturated rings. The van der Waals surface area contributed by atoms with Crippen LogP contribution in [0.25, 0.3) is 22.4 Å². The SMILES string of the molecule is COc1nc(N[C@H]2CCC(=O)N(C)C2)nn2ccc(-c3cnc4nccn4c3)c12. The number of amides is 1. The summed E-state index contributed by atoms with van der Waals surface area (Å²) in [5.41, 5.74) is 2.59. The molecule has 4 aromatic heterocycles. The van der Waals surface area contributed by atoms with Gasteiger partial charge in [0.15, 0.2) is 0 Å². The Bertz CT molecular complexity index is 1210. The van der Waals surface area contributed by atoms with Gasteiger partial charge in [-0.05, 0) is 12.5 Å². The number of methoxy groups -OCH3 is 1. The van der Waals surface area contributed by atoms with Gasteiger partial charge in [-0.1, -0.05) is 0 Å². The van der Waals surface area contributed by atoms with Crippen LogP contribution in [0.1, 0.15) is 12.8 Å². The highest BCUT2D eigenvalue weighted by atomic mass is 16.5. The molecule has 1 aliphatic rings. The number of nitrogens with one attached hydrogen (secondary N) is 1. The van der Waals surface area contributed by atoms with Gasteiger partial charge in [0.25, 0.3) is 0 Å². The molecule has 0 unspecified atom stereocenters. The Hall–Kier alpha value is -3.69. The van der Waals surface area contributed by atoms with Crippen LogP contribution >= 0.6 is 0 Å². The first-order valence-electron chi connectivity index (χ1n) is 9.35. The molecule has 0 spiro atoms. The molecule has 0 bridgehead atoms. The summed E-state index contributed by atoms with van der Waals surface area (Å²) in [7, 11) is 3.40. The molecule has 148 valence electrons. The maximum atomic E-state index is 11.7. The van der Waals surface area contributed by atoms with Crippen LogP contribution in [0, 0.1) is 0 Å². The minimum Gasteiger partial charge on any atom is -0.479 e. The highest BCUT2D eigenvalue weighted by molar-refractivity contribution is 5.84. The highest BCUT2D eigenvalue weighted by Gasteiger charge is 2.24. The average molecular weight is 392 g/mol. The van der Waals surface area contributed by atoms with Gasteiger partial charge in [0.2, 0.25) is 23.5 Å². The van der Waals surface area contributed by atoms with E-state index in [1.54, 1.807) is 28.9 Å². The summed E-state index contributed by atoms with van der Waals surface area (Å²) in [5.74, 6) is 1.74. The molecule has 29 heavy (non-hydrogen) atoms. The molecule has 4 aromatic rings. The van der Waals surface area contributed by atoms with Crippen LogP contribution in [0.2, 0.25) is 0 Å². The topological polar surface area (TPSA) is 102 Å². The number of nitrogens with zero attached hydrogens (tertiary/aromatic N) is 7. The number of fused-ring (bicyclic) bond motifs is 2. The summed E-state index contributed by atoms with van der Waals surface area (Å²) in [6.07, 6.45) is 10.4. The van der Waals surface area contributed by atoms with E-state index in [9.17, 15) is 4.79 Å². The minimum atomic E-state index is 0.0998. The molecular formula is C19H20N8O2. The number of aromatic nitrogens is 6. The molecule has 1 N–H and O–H groups in total. The van der Waals surface area contributed by atoms with Crippen molar-refractivity contribution < 1.29 is 9.53 Å². The van der Waals surface area contributed by atoms with Gasteiger partial charge in [-0.2, -0.15) is 4.98 Å². The third-order valence-corrected chi connectivity index (χ3v) is 5.19. The Morgan fingerprint density at radius 3 is 3.00 bits per heavy atom. The number of hydrogen-bond acceptors (Lipinski definition) is 7. The molecule has 0 radical (unpaired) electrons. The Balaban J connectivity index is 1.51. The van der Waals surface area contributed by atoms with Gasteiger partial charge >= 0.3 is 0 Å². The van der Waals surface area contributed by atoms with Crippen LogP contribution in [-0.4, -0.2) is 66.5 Å². The predicted molar refractivity (Wildman–Crippen MR) is 106 cm³/mol. The molecule has 5 heterocycles. The first kappa shape index (κ1) is 17.4. The van der Waals surface area contributed by atoms with E-state index < -0.39 is 0 Å². The second-order valence-corrected chi connectivity index (χ2v) is 7.10. The number of anilines is 1. The quantitative estimate of drug-likeness (QED) is 0.561. The normalized spacial score (nSPS) is 17.2. The molecule has 0 aliphatic carbocycles. The Labute approximate surface area is 166 Å². The molecule has 1 saturated heterocycles. The van der Waals surface area contributed by atoms with Crippen molar-refractivity contribution in [3.05, 3.63) is 37.1 Å². The molecule has 10 heteroatoms. The fourth-order valence-corrected chi connectivity index (χ4v) is 3.70. The summed E-state index contributed by atoms with van der Waals surface area (Å²) in [4.78, 5) is 26.6. The molecule has 0 saturated carbocycles. The van der Waals surface area contributed by atoms with Crippen LogP contribution in [0.3, 0.4) is 0 Å². The van der Waals surface area contributed by atoms with Crippen molar-refractivity contribution in [2.75, 3.05) is 26.0 Å². The van der Waals surface area contributed by atoms with Gasteiger partial charge in [0, 0.05) is 68.2 Å². The van der Waals surface area contributed by atoms with E-state index in [1.165, 1.54) is 0 Å². The van der Waals surface area contributed by atoms with Gasteiger partial charge < -0.3 is 15.0 Å². The van der Waals surface area contributed by atoms with Gasteiger partial charge in [0.1, 0.15) is 5.52 Å². The van der Waals surface area contributed by atoms with E-state index in [0.717, 1.165) is 23.1 Å². The van der Waals surface area contributed by atoms with Crippen LogP contribution in [0.5, 0.6) is 5.88 Å². The summed E-state index contributed by atoms with van der Waals surface area (Å²) in [6.45, 7) is 0.621. The zero-order valence-electron chi connectivity index (χ0n) is 16.1. The molecule has 5 rings (SSSR count). The number of carbonyl (C=O) groups excluding carboxylic acids is 1. The lowest BCUT2D eigenvalue weighted by molar-refractivity contribution is -0.132. The van der Waals surface area contributed by atoms with E-state index in [1.807, 2.05) is 36.1 Å². The van der Waals surface area contributed by atoms with Crippen LogP contribution in [0.15, 0.2) is 37.1 Å². The Kier molecular flexibility index (Phi) is 4.04. The number of rotatable bonds is 4. The van der Waals surface area contributed by atoms with Crippen molar-refractivity contribution in [2.45, 2.75) is 18.9 Å². The highest BCUT2D eigenvalue weighted by Crippen LogP contribution is 2.31. The lowest BCUT2D eigenvalue weighted by Gasteiger charge is -2.30. The molecule has 1 atom stereocenters. The van der Waals surface area contributed by atoms with E-state index in [2.05, 4.69) is 25.4 Å². The van der Waals surface area contributed by atoms with E-state index in [-0.39, 0.29) is 11.9 Å². The van der Waals surface area contributed by atoms with Crippen molar-refractivity contribution in [1.29, 1.82) is 0 Å². The first-order chi connectivity index (χ1) is 14.1.